The Bertz CT molecular complexity index is 8.00. The third kappa shape index (κ3) is 8.82. The molecule has 0 aromatic rings. The summed E-state index contributed by atoms with van der Waals surface area (Å²) in [6.07, 6.45) is 0. The van der Waals surface area contributed by atoms with Crippen LogP contribution >= 0.6 is 9.90 Å². The zero-order chi connectivity index (χ0) is 0. The fourth-order valence-electron chi connectivity index (χ4n) is 0. The molecule has 8 radical (unpaired) electrons. The van der Waals surface area contributed by atoms with Crippen molar-refractivity contribution in [1.29, 1.82) is 0 Å². The molecule has 0 aromatic heterocycles. The predicted octanol–water partition coefficient (Wildman–Crippen LogP) is -0.706. The van der Waals surface area contributed by atoms with Crippen molar-refractivity contribution < 1.29 is 16.8 Å². The molecular weight excluding hydrogens is 418 g/mol. The zero-order valence-electron chi connectivity index (χ0n) is 1.99. The van der Waals surface area contributed by atoms with Crippen LogP contribution in [0.4, 0.5) is 0 Å². The van der Waals surface area contributed by atoms with E-state index in [-0.39, 0.29) is 76.8 Å². The van der Waals surface area contributed by atoms with Crippen LogP contribution in [-0.4, -0.2) is 50.1 Å². The molecule has 4 heteroatoms. The van der Waals surface area contributed by atoms with E-state index in [1.165, 1.54) is 0 Å². The van der Waals surface area contributed by atoms with E-state index in [2.05, 4.69) is 0 Å². The largest absolute Gasteiger partial charge is 0.153 e. The number of rotatable bonds is 0. The first-order valence-corrected chi connectivity index (χ1v) is 0. The molecule has 0 heterocycles. The van der Waals surface area contributed by atoms with Crippen LogP contribution in [-0.2, 0) is 16.8 Å². The second-order valence-corrected chi connectivity index (χ2v) is 0. The van der Waals surface area contributed by atoms with E-state index in [1.54, 1.807) is 0 Å². The minimum atomic E-state index is 0. The second-order valence-electron chi connectivity index (χ2n) is 0. The standard InChI is InChI=1S/Bi.Co.H3P.Sn/h;;1H3;. The van der Waals surface area contributed by atoms with E-state index in [9.17, 15) is 0 Å². The van der Waals surface area contributed by atoms with Crippen molar-refractivity contribution in [2.45, 2.75) is 0 Å². The Morgan fingerprint density at radius 3 is 1.00 bits per heavy atom. The molecule has 26 valence electrons. The Kier molecular flexibility index (Phi) is 133. The van der Waals surface area contributed by atoms with Gasteiger partial charge in [0, 0.05) is 66.9 Å². The fourth-order valence-corrected chi connectivity index (χ4v) is 0. The van der Waals surface area contributed by atoms with E-state index in [0.717, 1.165) is 0 Å². The molecule has 1 atom stereocenters. The maximum Gasteiger partial charge on any atom is 0 e. The van der Waals surface area contributed by atoms with Crippen LogP contribution in [0.2, 0.25) is 0 Å². The summed E-state index contributed by atoms with van der Waals surface area (Å²) in [7, 11) is 0. The average Bonchev–Trinajstić information content (AvgIpc) is 0. The van der Waals surface area contributed by atoms with Gasteiger partial charge in [-0.2, -0.15) is 9.90 Å². The third-order valence-electron chi connectivity index (χ3n) is 0. The van der Waals surface area contributed by atoms with Crippen molar-refractivity contribution in [3.8, 4) is 0 Å². The van der Waals surface area contributed by atoms with Crippen LogP contribution in [0.25, 0.3) is 0 Å². The molecule has 0 rings (SSSR count). The van der Waals surface area contributed by atoms with Gasteiger partial charge >= 0.3 is 0 Å². The van der Waals surface area contributed by atoms with Gasteiger partial charge in [-0.1, -0.05) is 0 Å². The monoisotopic (exact) mass is 422 g/mol. The van der Waals surface area contributed by atoms with Crippen LogP contribution in [0.5, 0.6) is 0 Å². The Morgan fingerprint density at radius 1 is 1.00 bits per heavy atom. The van der Waals surface area contributed by atoms with E-state index in [1.807, 2.05) is 0 Å². The Labute approximate surface area is 75.8 Å². The van der Waals surface area contributed by atoms with Crippen molar-refractivity contribution in [2.24, 2.45) is 0 Å². The summed E-state index contributed by atoms with van der Waals surface area (Å²) >= 11 is 0. The van der Waals surface area contributed by atoms with Gasteiger partial charge in [0.2, 0.25) is 0 Å². The number of hydrogen-bond acceptors (Lipinski definition) is 0. The van der Waals surface area contributed by atoms with Crippen molar-refractivity contribution in [3.05, 3.63) is 0 Å². The molecule has 0 aliphatic carbocycles. The molecule has 0 bridgehead atoms. The maximum atomic E-state index is 0. The van der Waals surface area contributed by atoms with Gasteiger partial charge in [-0.05, 0) is 0 Å². The van der Waals surface area contributed by atoms with Crippen LogP contribution in [0.15, 0.2) is 0 Å². The van der Waals surface area contributed by atoms with E-state index in [0.29, 0.717) is 0 Å². The normalized spacial score (nSPS) is 0. The SMILES string of the molecule is P.[Bi].[Co].[Sn]. The number of hydrogen-bond donors (Lipinski definition) is 0. The Morgan fingerprint density at radius 2 is 1.00 bits per heavy atom. The predicted molar refractivity (Wildman–Crippen MR) is 22.6 cm³/mol. The first-order valence-electron chi connectivity index (χ1n) is 0. The Hall–Kier alpha value is 2.62. The van der Waals surface area contributed by atoms with Gasteiger partial charge in [-0.25, -0.2) is 0 Å². The fraction of sp³-hybridized carbons (Fsp3) is 0. The van der Waals surface area contributed by atoms with Crippen LogP contribution in [0.3, 0.4) is 0 Å². The second kappa shape index (κ2) is 17.5. The van der Waals surface area contributed by atoms with Gasteiger partial charge in [0.1, 0.15) is 0 Å². The zero-order valence-corrected chi connectivity index (χ0v) is 10.8. The summed E-state index contributed by atoms with van der Waals surface area (Å²) in [6, 6.07) is 0. The molecule has 0 spiro atoms. The van der Waals surface area contributed by atoms with Crippen LogP contribution < -0.4 is 0 Å². The molecule has 1 unspecified atom stereocenters. The average molecular weight is 421 g/mol. The minimum absolute atomic E-state index is 0. The van der Waals surface area contributed by atoms with Crippen LogP contribution in [0.1, 0.15) is 0 Å². The van der Waals surface area contributed by atoms with Gasteiger partial charge in [0.25, 0.3) is 0 Å². The van der Waals surface area contributed by atoms with E-state index >= 15 is 0 Å². The van der Waals surface area contributed by atoms with Gasteiger partial charge in [0.05, 0.1) is 0 Å². The quantitative estimate of drug-likeness (QED) is 0.359. The van der Waals surface area contributed by atoms with Gasteiger partial charge < -0.3 is 0 Å². The first-order chi connectivity index (χ1) is 0. The summed E-state index contributed by atoms with van der Waals surface area (Å²) in [4.78, 5) is 0. The molecule has 0 amide bonds. The maximum absolute atomic E-state index is 0. The van der Waals surface area contributed by atoms with Crippen molar-refractivity contribution in [2.75, 3.05) is 0 Å². The topological polar surface area (TPSA) is 0 Å². The summed E-state index contributed by atoms with van der Waals surface area (Å²) < 4.78 is 0. The summed E-state index contributed by atoms with van der Waals surface area (Å²) in [5, 5.41) is 0. The Balaban J connectivity index is 0. The molecule has 0 aliphatic rings. The first kappa shape index (κ1) is 30.5. The summed E-state index contributed by atoms with van der Waals surface area (Å²) in [5.74, 6) is 0. The van der Waals surface area contributed by atoms with E-state index in [4.69, 9.17) is 0 Å². The van der Waals surface area contributed by atoms with Crippen molar-refractivity contribution >= 4 is 60.0 Å². The minimum Gasteiger partial charge on any atom is -0.153 e. The summed E-state index contributed by atoms with van der Waals surface area (Å²) in [5.41, 5.74) is 0. The van der Waals surface area contributed by atoms with Gasteiger partial charge in [-0.3, -0.25) is 0 Å². The molecule has 0 saturated heterocycles. The van der Waals surface area contributed by atoms with E-state index < -0.39 is 0 Å². The van der Waals surface area contributed by atoms with Crippen LogP contribution in [0, 0.1) is 0 Å². The molecule has 0 N–H and O–H groups in total. The molecule has 0 fully saturated rings. The van der Waals surface area contributed by atoms with Gasteiger partial charge in [0.15, 0.2) is 0 Å². The summed E-state index contributed by atoms with van der Waals surface area (Å²) in [6.45, 7) is 0. The van der Waals surface area contributed by atoms with Crippen molar-refractivity contribution in [3.63, 3.8) is 0 Å². The van der Waals surface area contributed by atoms with Gasteiger partial charge in [-0.15, -0.1) is 0 Å². The third-order valence-corrected chi connectivity index (χ3v) is 0. The van der Waals surface area contributed by atoms with Crippen molar-refractivity contribution in [1.82, 2.24) is 0 Å². The smallest absolute Gasteiger partial charge is 0 e. The molecule has 0 nitrogen and oxygen atoms in total. The molecule has 4 heavy (non-hydrogen) atoms. The molecule has 0 aromatic carbocycles. The molecule has 0 aliphatic heterocycles. The molecular formula is H3BiCoPSn. The molecule has 0 saturated carbocycles.